The van der Waals surface area contributed by atoms with E-state index in [1.54, 1.807) is 0 Å². The van der Waals surface area contributed by atoms with Crippen LogP contribution in [0.3, 0.4) is 0 Å². The van der Waals surface area contributed by atoms with E-state index in [-0.39, 0.29) is 18.8 Å². The number of aliphatic hydroxyl groups is 2. The van der Waals surface area contributed by atoms with Crippen LogP contribution in [-0.4, -0.2) is 35.6 Å². The maximum atomic E-state index is 8.30. The molecule has 0 unspecified atom stereocenters. The van der Waals surface area contributed by atoms with Crippen LogP contribution in [0.25, 0.3) is 5.57 Å². The Bertz CT molecular complexity index is 518. The number of nitrogens with one attached hydrogen (secondary N) is 1. The van der Waals surface area contributed by atoms with Gasteiger partial charge < -0.3 is 20.3 Å². The summed E-state index contributed by atoms with van der Waals surface area (Å²) in [5, 5.41) is 20.1. The Kier molecular flexibility index (Phi) is 8.87. The second-order valence-electron chi connectivity index (χ2n) is 6.68. The van der Waals surface area contributed by atoms with Gasteiger partial charge in [0.1, 0.15) is 5.75 Å². The first-order valence-corrected chi connectivity index (χ1v) is 8.90. The molecule has 1 aromatic carbocycles. The molecule has 0 fully saturated rings. The van der Waals surface area contributed by atoms with E-state index in [1.807, 2.05) is 13.0 Å². The van der Waals surface area contributed by atoms with Gasteiger partial charge in [0.25, 0.3) is 0 Å². The van der Waals surface area contributed by atoms with Gasteiger partial charge in [-0.25, -0.2) is 0 Å². The molecule has 0 spiro atoms. The minimum absolute atomic E-state index is 0.0320. The number of aliphatic hydroxyl groups excluding tert-OH is 2. The van der Waals surface area contributed by atoms with Gasteiger partial charge in [-0.3, -0.25) is 0 Å². The fraction of sp³-hybridized carbons (Fsp3) is 0.600. The number of unbranched alkanes of at least 4 members (excludes halogenated alkanes) is 3. The predicted molar refractivity (Wildman–Crippen MR) is 102 cm³/mol. The molecule has 2 rings (SSSR count). The highest BCUT2D eigenvalue weighted by atomic mass is 16.5. The van der Waals surface area contributed by atoms with Gasteiger partial charge in [0.15, 0.2) is 0 Å². The number of fused-ring (bicyclic) bond motifs is 1. The van der Waals surface area contributed by atoms with E-state index < -0.39 is 0 Å². The van der Waals surface area contributed by atoms with Crippen LogP contribution in [0, 0.1) is 0 Å². The van der Waals surface area contributed by atoms with E-state index in [2.05, 4.69) is 44.3 Å². The second-order valence-corrected chi connectivity index (χ2v) is 6.68. The van der Waals surface area contributed by atoms with E-state index in [9.17, 15) is 0 Å². The van der Waals surface area contributed by atoms with Crippen molar-refractivity contribution < 1.29 is 14.9 Å². The summed E-state index contributed by atoms with van der Waals surface area (Å²) in [4.78, 5) is 0. The Hall–Kier alpha value is -1.52. The zero-order valence-corrected chi connectivity index (χ0v) is 15.6. The predicted octanol–water partition coefficient (Wildman–Crippen LogP) is 4.22. The molecule has 1 heterocycles. The molecule has 136 valence electrons. The molecule has 0 amide bonds. The molecule has 24 heavy (non-hydrogen) atoms. The summed E-state index contributed by atoms with van der Waals surface area (Å²) in [5.41, 5.74) is 3.77. The van der Waals surface area contributed by atoms with Crippen molar-refractivity contribution in [2.45, 2.75) is 58.9 Å². The van der Waals surface area contributed by atoms with Crippen LogP contribution >= 0.6 is 0 Å². The minimum atomic E-state index is 0.0320. The third-order valence-corrected chi connectivity index (χ3v) is 3.83. The Morgan fingerprint density at radius 1 is 1.04 bits per heavy atom. The fourth-order valence-electron chi connectivity index (χ4n) is 2.79. The van der Waals surface area contributed by atoms with Crippen LogP contribution in [0.5, 0.6) is 5.75 Å². The van der Waals surface area contributed by atoms with Crippen LogP contribution in [0.2, 0.25) is 0 Å². The number of hydrogen-bond acceptors (Lipinski definition) is 4. The fourth-order valence-corrected chi connectivity index (χ4v) is 2.79. The highest BCUT2D eigenvalue weighted by molar-refractivity contribution is 5.80. The lowest BCUT2D eigenvalue weighted by molar-refractivity contribution is 0.265. The van der Waals surface area contributed by atoms with Crippen molar-refractivity contribution in [3.8, 4) is 5.75 Å². The Morgan fingerprint density at radius 3 is 2.21 bits per heavy atom. The van der Waals surface area contributed by atoms with Crippen molar-refractivity contribution in [2.24, 2.45) is 0 Å². The number of benzene rings is 1. The quantitative estimate of drug-likeness (QED) is 0.653. The number of allylic oxidation sites excluding steroid dienone is 1. The maximum Gasteiger partial charge on any atom is 0.120 e. The molecule has 4 nitrogen and oxygen atoms in total. The van der Waals surface area contributed by atoms with Crippen molar-refractivity contribution in [2.75, 3.05) is 25.1 Å². The van der Waals surface area contributed by atoms with Crippen molar-refractivity contribution >= 4 is 11.3 Å². The van der Waals surface area contributed by atoms with Gasteiger partial charge in [0.2, 0.25) is 0 Å². The van der Waals surface area contributed by atoms with Gasteiger partial charge in [-0.2, -0.15) is 0 Å². The number of anilines is 1. The summed E-state index contributed by atoms with van der Waals surface area (Å²) in [6, 6.07) is 6.22. The number of hydrogen-bond donors (Lipinski definition) is 3. The standard InChI is InChI=1S/C14H19NO.C6H14O2/c1-5-16-11-6-7-13-12(8-11)10(2)9-14(3,4)15-13;7-5-3-1-2-4-6-8/h6-9,15H,5H2,1-4H3;7-8H,1-6H2. The second kappa shape index (κ2) is 10.4. The minimum Gasteiger partial charge on any atom is -0.494 e. The van der Waals surface area contributed by atoms with Crippen molar-refractivity contribution in [3.05, 3.63) is 29.8 Å². The van der Waals surface area contributed by atoms with Gasteiger partial charge in [0, 0.05) is 24.5 Å². The van der Waals surface area contributed by atoms with Crippen molar-refractivity contribution in [1.82, 2.24) is 0 Å². The largest absolute Gasteiger partial charge is 0.494 e. The summed E-state index contributed by atoms with van der Waals surface area (Å²) in [6.07, 6.45) is 6.08. The first-order chi connectivity index (χ1) is 11.4. The lowest BCUT2D eigenvalue weighted by atomic mass is 9.91. The van der Waals surface area contributed by atoms with Crippen LogP contribution in [0.15, 0.2) is 24.3 Å². The molecule has 0 bridgehead atoms. The molecule has 1 aliphatic rings. The molecule has 0 radical (unpaired) electrons. The highest BCUT2D eigenvalue weighted by Crippen LogP contribution is 2.35. The molecule has 3 N–H and O–H groups in total. The van der Waals surface area contributed by atoms with Crippen molar-refractivity contribution in [1.29, 1.82) is 0 Å². The van der Waals surface area contributed by atoms with Gasteiger partial charge in [-0.05, 0) is 64.3 Å². The molecule has 4 heteroatoms. The van der Waals surface area contributed by atoms with E-state index in [0.29, 0.717) is 6.61 Å². The lowest BCUT2D eigenvalue weighted by Crippen LogP contribution is -2.31. The van der Waals surface area contributed by atoms with E-state index >= 15 is 0 Å². The molecule has 1 aliphatic heterocycles. The van der Waals surface area contributed by atoms with Crippen LogP contribution in [0.4, 0.5) is 5.69 Å². The highest BCUT2D eigenvalue weighted by Gasteiger charge is 2.22. The first kappa shape index (κ1) is 20.5. The summed E-state index contributed by atoms with van der Waals surface area (Å²) in [6.45, 7) is 9.78. The topological polar surface area (TPSA) is 61.7 Å². The zero-order valence-electron chi connectivity index (χ0n) is 15.6. The Balaban J connectivity index is 0.000000307. The van der Waals surface area contributed by atoms with Crippen LogP contribution in [-0.2, 0) is 0 Å². The third kappa shape index (κ3) is 6.93. The van der Waals surface area contributed by atoms with Crippen LogP contribution < -0.4 is 10.1 Å². The van der Waals surface area contributed by atoms with E-state index in [1.165, 1.54) is 16.8 Å². The first-order valence-electron chi connectivity index (χ1n) is 8.90. The molecule has 0 aliphatic carbocycles. The maximum absolute atomic E-state index is 8.30. The monoisotopic (exact) mass is 335 g/mol. The smallest absolute Gasteiger partial charge is 0.120 e. The number of ether oxygens (including phenoxy) is 1. The molecular formula is C20H33NO3. The van der Waals surface area contributed by atoms with Crippen LogP contribution in [0.1, 0.15) is 58.9 Å². The van der Waals surface area contributed by atoms with E-state index in [4.69, 9.17) is 14.9 Å². The SMILES string of the molecule is CCOc1ccc2c(c1)C(C)=CC(C)(C)N2.OCCCCCCO. The zero-order chi connectivity index (χ0) is 18.0. The van der Waals surface area contributed by atoms with Crippen molar-refractivity contribution in [3.63, 3.8) is 0 Å². The molecule has 0 aromatic heterocycles. The summed E-state index contributed by atoms with van der Waals surface area (Å²) in [5.74, 6) is 0.940. The summed E-state index contributed by atoms with van der Waals surface area (Å²) >= 11 is 0. The summed E-state index contributed by atoms with van der Waals surface area (Å²) in [7, 11) is 0. The van der Waals surface area contributed by atoms with Gasteiger partial charge in [-0.15, -0.1) is 0 Å². The Labute approximate surface area is 146 Å². The third-order valence-electron chi connectivity index (χ3n) is 3.83. The lowest BCUT2D eigenvalue weighted by Gasteiger charge is -2.31. The molecular weight excluding hydrogens is 302 g/mol. The van der Waals surface area contributed by atoms with E-state index in [0.717, 1.165) is 31.4 Å². The average Bonchev–Trinajstić information content (AvgIpc) is 2.52. The van der Waals surface area contributed by atoms with Gasteiger partial charge in [-0.1, -0.05) is 18.9 Å². The summed E-state index contributed by atoms with van der Waals surface area (Å²) < 4.78 is 5.52. The average molecular weight is 335 g/mol. The molecule has 0 atom stereocenters. The molecule has 0 saturated carbocycles. The molecule has 1 aromatic rings. The molecule has 0 saturated heterocycles. The number of rotatable bonds is 7. The Morgan fingerprint density at radius 2 is 1.67 bits per heavy atom. The van der Waals surface area contributed by atoms with Gasteiger partial charge in [0.05, 0.1) is 12.1 Å². The normalized spacial score (nSPS) is 14.7. The van der Waals surface area contributed by atoms with Gasteiger partial charge >= 0.3 is 0 Å².